The lowest BCUT2D eigenvalue weighted by Gasteiger charge is -2.25. The third-order valence-corrected chi connectivity index (χ3v) is 8.07. The fourth-order valence-corrected chi connectivity index (χ4v) is 5.87. The van der Waals surface area contributed by atoms with Crippen LogP contribution < -0.4 is 4.90 Å². The van der Waals surface area contributed by atoms with Gasteiger partial charge in [0.05, 0.1) is 21.0 Å². The van der Waals surface area contributed by atoms with Crippen molar-refractivity contribution in [1.29, 1.82) is 0 Å². The van der Waals surface area contributed by atoms with E-state index in [1.54, 1.807) is 0 Å². The molecule has 0 unspecified atom stereocenters. The fourth-order valence-electron chi connectivity index (χ4n) is 4.13. The van der Waals surface area contributed by atoms with Gasteiger partial charge in [-0.1, -0.05) is 54.1 Å². The number of rotatable bonds is 4. The summed E-state index contributed by atoms with van der Waals surface area (Å²) in [4.78, 5) is 11.9. The van der Waals surface area contributed by atoms with Crippen LogP contribution in [0.15, 0.2) is 77.7 Å². The van der Waals surface area contributed by atoms with Crippen LogP contribution in [0, 0.1) is 5.82 Å². The molecule has 0 N–H and O–H groups in total. The highest BCUT2D eigenvalue weighted by molar-refractivity contribution is 7.89. The molecule has 1 fully saturated rings. The van der Waals surface area contributed by atoms with Gasteiger partial charge in [-0.25, -0.2) is 22.8 Å². The molecule has 0 saturated carbocycles. The summed E-state index contributed by atoms with van der Waals surface area (Å²) in [5, 5.41) is -0.212. The van der Waals surface area contributed by atoms with Gasteiger partial charge in [0, 0.05) is 31.7 Å². The Morgan fingerprint density at radius 3 is 2.26 bits per heavy atom. The maximum Gasteiger partial charge on any atom is 0.243 e. The zero-order valence-corrected chi connectivity index (χ0v) is 19.8. The van der Waals surface area contributed by atoms with Crippen LogP contribution in [0.5, 0.6) is 0 Å². The third-order valence-electron chi connectivity index (χ3n) is 5.88. The highest BCUT2D eigenvalue weighted by Crippen LogP contribution is 2.31. The average molecular weight is 497 g/mol. The van der Waals surface area contributed by atoms with Crippen LogP contribution in [0.25, 0.3) is 22.3 Å². The summed E-state index contributed by atoms with van der Waals surface area (Å²) < 4.78 is 41.4. The van der Waals surface area contributed by atoms with E-state index in [0.717, 1.165) is 40.2 Å². The second-order valence-electron chi connectivity index (χ2n) is 8.07. The molecule has 34 heavy (non-hydrogen) atoms. The quantitative estimate of drug-likeness (QED) is 0.398. The summed E-state index contributed by atoms with van der Waals surface area (Å²) in [6, 6.07) is 21.1. The zero-order chi connectivity index (χ0) is 23.7. The summed E-state index contributed by atoms with van der Waals surface area (Å²) in [6.07, 6.45) is 0.608. The van der Waals surface area contributed by atoms with Gasteiger partial charge in [0.2, 0.25) is 10.0 Å². The van der Waals surface area contributed by atoms with Gasteiger partial charge in [-0.2, -0.15) is 4.31 Å². The van der Waals surface area contributed by atoms with E-state index in [1.807, 2.05) is 54.6 Å². The first-order chi connectivity index (χ1) is 16.4. The fraction of sp³-hybridized carbons (Fsp3) is 0.200. The summed E-state index contributed by atoms with van der Waals surface area (Å²) in [5.41, 5.74) is 3.30. The van der Waals surface area contributed by atoms with Crippen molar-refractivity contribution < 1.29 is 12.8 Å². The van der Waals surface area contributed by atoms with Crippen molar-refractivity contribution in [1.82, 2.24) is 14.3 Å². The number of benzene rings is 3. The standard InChI is InChI=1S/C25H22ClFN4O2S/c26-20-17-19(11-12-21(20)27)34(32,33)31-14-6-13-30(15-16-31)25-24(18-7-2-1-3-8-18)28-22-9-4-5-10-23(22)29-25/h1-5,7-12,17H,6,13-16H2. The van der Waals surface area contributed by atoms with Gasteiger partial charge in [-0.15, -0.1) is 0 Å². The van der Waals surface area contributed by atoms with E-state index in [0.29, 0.717) is 26.1 Å². The minimum atomic E-state index is -3.81. The Hall–Kier alpha value is -3.07. The Labute approximate surface area is 202 Å². The Morgan fingerprint density at radius 1 is 0.824 bits per heavy atom. The van der Waals surface area contributed by atoms with Gasteiger partial charge in [0.1, 0.15) is 11.5 Å². The lowest BCUT2D eigenvalue weighted by molar-refractivity contribution is 0.433. The van der Waals surface area contributed by atoms with E-state index in [2.05, 4.69) is 4.90 Å². The Kier molecular flexibility index (Phi) is 6.20. The van der Waals surface area contributed by atoms with E-state index in [9.17, 15) is 12.8 Å². The first kappa shape index (κ1) is 22.7. The predicted molar refractivity (Wildman–Crippen MR) is 132 cm³/mol. The van der Waals surface area contributed by atoms with E-state index in [1.165, 1.54) is 10.4 Å². The smallest absolute Gasteiger partial charge is 0.243 e. The minimum absolute atomic E-state index is 0.0113. The number of hydrogen-bond acceptors (Lipinski definition) is 5. The summed E-state index contributed by atoms with van der Waals surface area (Å²) in [6.45, 7) is 1.68. The second-order valence-corrected chi connectivity index (χ2v) is 10.4. The van der Waals surface area contributed by atoms with Crippen LogP contribution in [0.4, 0.5) is 10.2 Å². The van der Waals surface area contributed by atoms with Gasteiger partial charge in [-0.05, 0) is 36.8 Å². The van der Waals surface area contributed by atoms with E-state index < -0.39 is 15.8 Å². The van der Waals surface area contributed by atoms with Crippen LogP contribution in [0.3, 0.4) is 0 Å². The summed E-state index contributed by atoms with van der Waals surface area (Å²) in [7, 11) is -3.81. The molecule has 4 aromatic rings. The van der Waals surface area contributed by atoms with Gasteiger partial charge in [0.25, 0.3) is 0 Å². The average Bonchev–Trinajstić information content (AvgIpc) is 3.12. The number of aromatic nitrogens is 2. The highest BCUT2D eigenvalue weighted by Gasteiger charge is 2.29. The van der Waals surface area contributed by atoms with Crippen molar-refractivity contribution in [3.63, 3.8) is 0 Å². The normalized spacial score (nSPS) is 15.4. The lowest BCUT2D eigenvalue weighted by atomic mass is 10.1. The SMILES string of the molecule is O=S(=O)(c1ccc(F)c(Cl)c1)N1CCCN(c2nc3ccccc3nc2-c2ccccc2)CC1. The molecule has 2 heterocycles. The molecule has 5 rings (SSSR count). The topological polar surface area (TPSA) is 66.4 Å². The third kappa shape index (κ3) is 4.36. The van der Waals surface area contributed by atoms with Gasteiger partial charge in [0.15, 0.2) is 5.82 Å². The molecule has 9 heteroatoms. The molecule has 1 aromatic heterocycles. The van der Waals surface area contributed by atoms with Crippen molar-refractivity contribution >= 4 is 38.5 Å². The Balaban J connectivity index is 1.48. The van der Waals surface area contributed by atoms with Crippen molar-refractivity contribution in [3.05, 3.63) is 83.6 Å². The molecule has 3 aromatic carbocycles. The van der Waals surface area contributed by atoms with Gasteiger partial charge in [-0.3, -0.25) is 0 Å². The molecule has 174 valence electrons. The van der Waals surface area contributed by atoms with Crippen LogP contribution in [0.2, 0.25) is 5.02 Å². The first-order valence-electron chi connectivity index (χ1n) is 11.0. The molecule has 6 nitrogen and oxygen atoms in total. The van der Waals surface area contributed by atoms with E-state index >= 15 is 0 Å². The predicted octanol–water partition coefficient (Wildman–Crippen LogP) is 4.99. The number of fused-ring (bicyclic) bond motifs is 1. The lowest BCUT2D eigenvalue weighted by Crippen LogP contribution is -2.35. The maximum atomic E-state index is 13.6. The van der Waals surface area contributed by atoms with Crippen LogP contribution >= 0.6 is 11.6 Å². The van der Waals surface area contributed by atoms with Gasteiger partial charge < -0.3 is 4.90 Å². The highest BCUT2D eigenvalue weighted by atomic mass is 35.5. The zero-order valence-electron chi connectivity index (χ0n) is 18.2. The van der Waals surface area contributed by atoms with Gasteiger partial charge >= 0.3 is 0 Å². The molecule has 0 radical (unpaired) electrons. The van der Waals surface area contributed by atoms with Crippen LogP contribution in [-0.4, -0.2) is 48.9 Å². The molecule has 1 aliphatic rings. The van der Waals surface area contributed by atoms with Crippen molar-refractivity contribution in [2.45, 2.75) is 11.3 Å². The molecule has 0 bridgehead atoms. The Bertz CT molecular complexity index is 1450. The van der Waals surface area contributed by atoms with Crippen molar-refractivity contribution in [2.75, 3.05) is 31.1 Å². The van der Waals surface area contributed by atoms with E-state index in [4.69, 9.17) is 21.6 Å². The summed E-state index contributed by atoms with van der Waals surface area (Å²) >= 11 is 5.84. The number of sulfonamides is 1. The monoisotopic (exact) mass is 496 g/mol. The van der Waals surface area contributed by atoms with E-state index in [-0.39, 0.29) is 16.5 Å². The number of halogens is 2. The first-order valence-corrected chi connectivity index (χ1v) is 12.8. The largest absolute Gasteiger partial charge is 0.353 e. The van der Waals surface area contributed by atoms with Crippen molar-refractivity contribution in [3.8, 4) is 11.3 Å². The van der Waals surface area contributed by atoms with Crippen molar-refractivity contribution in [2.24, 2.45) is 0 Å². The maximum absolute atomic E-state index is 13.6. The molecule has 0 aliphatic carbocycles. The Morgan fingerprint density at radius 2 is 1.53 bits per heavy atom. The number of nitrogens with zero attached hydrogens (tertiary/aromatic N) is 4. The van der Waals surface area contributed by atoms with Crippen LogP contribution in [0.1, 0.15) is 6.42 Å². The molecule has 0 amide bonds. The number of hydrogen-bond donors (Lipinski definition) is 0. The number of para-hydroxylation sites is 2. The molecule has 0 atom stereocenters. The molecular weight excluding hydrogens is 475 g/mol. The minimum Gasteiger partial charge on any atom is -0.353 e. The second kappa shape index (κ2) is 9.29. The van der Waals surface area contributed by atoms with Crippen LogP contribution in [-0.2, 0) is 10.0 Å². The number of anilines is 1. The summed E-state index contributed by atoms with van der Waals surface area (Å²) in [5.74, 6) is 0.0833. The molecule has 1 aliphatic heterocycles. The molecule has 0 spiro atoms. The molecule has 1 saturated heterocycles. The molecular formula is C25H22ClFN4O2S.